The van der Waals surface area contributed by atoms with Gasteiger partial charge in [0.15, 0.2) is 0 Å². The van der Waals surface area contributed by atoms with E-state index in [-0.39, 0.29) is 12.1 Å². The number of carbonyl (C=O) groups excluding carboxylic acids is 1. The van der Waals surface area contributed by atoms with Crippen LogP contribution < -0.4 is 10.6 Å². The van der Waals surface area contributed by atoms with E-state index >= 15 is 0 Å². The third kappa shape index (κ3) is 6.84. The van der Waals surface area contributed by atoms with Crippen LogP contribution in [0.15, 0.2) is 84.9 Å². The van der Waals surface area contributed by atoms with E-state index in [0.717, 1.165) is 16.7 Å². The van der Waals surface area contributed by atoms with Crippen LogP contribution in [0.3, 0.4) is 0 Å². The van der Waals surface area contributed by atoms with Crippen molar-refractivity contribution >= 4 is 17.8 Å². The molecule has 0 aliphatic rings. The van der Waals surface area contributed by atoms with Crippen LogP contribution in [-0.2, 0) is 6.42 Å². The molecule has 0 heterocycles. The highest BCUT2D eigenvalue weighted by Crippen LogP contribution is 2.22. The Morgan fingerprint density at radius 3 is 1.97 bits per heavy atom. The minimum absolute atomic E-state index is 0.286. The average molecular weight is 446 g/mol. The van der Waals surface area contributed by atoms with Gasteiger partial charge in [-0.25, -0.2) is 9.59 Å². The van der Waals surface area contributed by atoms with E-state index in [1.165, 1.54) is 4.90 Å². The molecule has 3 aromatic rings. The number of hydrogen-bond donors (Lipinski definition) is 3. The first-order chi connectivity index (χ1) is 15.7. The predicted molar refractivity (Wildman–Crippen MR) is 132 cm³/mol. The summed E-state index contributed by atoms with van der Waals surface area (Å²) in [4.78, 5) is 25.9. The molecule has 0 fully saturated rings. The molecule has 3 N–H and O–H groups in total. The number of hydrogen-bond acceptors (Lipinski definition) is 2. The van der Waals surface area contributed by atoms with Gasteiger partial charge in [0, 0.05) is 17.8 Å². The lowest BCUT2D eigenvalue weighted by Crippen LogP contribution is -2.45. The Bertz CT molecular complexity index is 1020. The molecule has 0 saturated heterocycles. The Balaban J connectivity index is 1.69. The average Bonchev–Trinajstić information content (AvgIpc) is 2.78. The normalized spacial score (nSPS) is 11.2. The number of anilines is 1. The largest absolute Gasteiger partial charge is 0.465 e. The van der Waals surface area contributed by atoms with Gasteiger partial charge in [-0.1, -0.05) is 72.8 Å². The van der Waals surface area contributed by atoms with E-state index in [1.54, 1.807) is 0 Å². The van der Waals surface area contributed by atoms with Crippen LogP contribution in [0.25, 0.3) is 0 Å². The molecular weight excluding hydrogens is 414 g/mol. The molecule has 3 aromatic carbocycles. The van der Waals surface area contributed by atoms with Crippen molar-refractivity contribution in [1.29, 1.82) is 0 Å². The molecule has 6 nitrogen and oxygen atoms in total. The number of benzene rings is 3. The molecule has 3 rings (SSSR count). The lowest BCUT2D eigenvalue weighted by Gasteiger charge is -2.33. The summed E-state index contributed by atoms with van der Waals surface area (Å²) in [6.07, 6.45) is -0.388. The molecule has 0 aromatic heterocycles. The fourth-order valence-corrected chi connectivity index (χ4v) is 3.71. The second kappa shape index (κ2) is 10.7. The van der Waals surface area contributed by atoms with Crippen LogP contribution in [0.2, 0.25) is 0 Å². The first-order valence-electron chi connectivity index (χ1n) is 11.0. The molecule has 0 aliphatic carbocycles. The molecule has 0 aliphatic heterocycles. The third-order valence-electron chi connectivity index (χ3n) is 5.39. The van der Waals surface area contributed by atoms with Crippen LogP contribution in [0.1, 0.15) is 43.5 Å². The zero-order chi connectivity index (χ0) is 23.8. The van der Waals surface area contributed by atoms with Gasteiger partial charge in [-0.15, -0.1) is 0 Å². The Morgan fingerprint density at radius 1 is 0.879 bits per heavy atom. The van der Waals surface area contributed by atoms with Gasteiger partial charge in [0.25, 0.3) is 0 Å². The standard InChI is InChI=1S/C27H31N3O3/c1-27(2,3)30(26(32)33)18-17-20-11-10-16-23(19-20)28-25(31)29-24(21-12-6-4-7-13-21)22-14-8-5-9-15-22/h4-16,19,24H,17-18H2,1-3H3,(H,32,33)(H2,28,29,31). The second-order valence-corrected chi connectivity index (χ2v) is 8.91. The van der Waals surface area contributed by atoms with Crippen molar-refractivity contribution in [2.75, 3.05) is 11.9 Å². The highest BCUT2D eigenvalue weighted by molar-refractivity contribution is 5.89. The molecule has 0 spiro atoms. The van der Waals surface area contributed by atoms with Gasteiger partial charge in [-0.2, -0.15) is 0 Å². The van der Waals surface area contributed by atoms with E-state index < -0.39 is 11.6 Å². The molecule has 6 heteroatoms. The molecule has 0 radical (unpaired) electrons. The van der Waals surface area contributed by atoms with E-state index in [2.05, 4.69) is 10.6 Å². The van der Waals surface area contributed by atoms with Gasteiger partial charge in [0.2, 0.25) is 0 Å². The third-order valence-corrected chi connectivity index (χ3v) is 5.39. The Morgan fingerprint density at radius 2 is 1.45 bits per heavy atom. The van der Waals surface area contributed by atoms with E-state index in [1.807, 2.05) is 106 Å². The maximum atomic E-state index is 12.9. The fraction of sp³-hybridized carbons (Fsp3) is 0.259. The van der Waals surface area contributed by atoms with Crippen LogP contribution >= 0.6 is 0 Å². The van der Waals surface area contributed by atoms with E-state index in [9.17, 15) is 14.7 Å². The fourth-order valence-electron chi connectivity index (χ4n) is 3.71. The summed E-state index contributed by atoms with van der Waals surface area (Å²) in [5.41, 5.74) is 3.10. The maximum Gasteiger partial charge on any atom is 0.407 e. The molecule has 3 amide bonds. The summed E-state index contributed by atoms with van der Waals surface area (Å²) < 4.78 is 0. The molecule has 0 unspecified atom stereocenters. The van der Waals surface area contributed by atoms with Crippen LogP contribution in [0.5, 0.6) is 0 Å². The molecular formula is C27H31N3O3. The van der Waals surface area contributed by atoms with Crippen LogP contribution in [-0.4, -0.2) is 34.2 Å². The number of carboxylic acid groups (broad SMARTS) is 1. The van der Waals surface area contributed by atoms with E-state index in [0.29, 0.717) is 18.7 Å². The topological polar surface area (TPSA) is 81.7 Å². The Kier molecular flexibility index (Phi) is 7.72. The highest BCUT2D eigenvalue weighted by atomic mass is 16.4. The summed E-state index contributed by atoms with van der Waals surface area (Å²) in [6, 6.07) is 26.5. The summed E-state index contributed by atoms with van der Waals surface area (Å²) >= 11 is 0. The van der Waals surface area contributed by atoms with Gasteiger partial charge in [-0.3, -0.25) is 0 Å². The van der Waals surface area contributed by atoms with E-state index in [4.69, 9.17) is 0 Å². The number of urea groups is 1. The Labute approximate surface area is 195 Å². The monoisotopic (exact) mass is 445 g/mol. The molecule has 33 heavy (non-hydrogen) atoms. The summed E-state index contributed by atoms with van der Waals surface area (Å²) in [6.45, 7) is 6.00. The number of carbonyl (C=O) groups is 2. The number of nitrogens with zero attached hydrogens (tertiary/aromatic N) is 1. The zero-order valence-electron chi connectivity index (χ0n) is 19.3. The first-order valence-corrected chi connectivity index (χ1v) is 11.0. The molecule has 0 saturated carbocycles. The van der Waals surface area contributed by atoms with Crippen molar-refractivity contribution in [1.82, 2.24) is 10.2 Å². The van der Waals surface area contributed by atoms with Crippen molar-refractivity contribution in [2.24, 2.45) is 0 Å². The lowest BCUT2D eigenvalue weighted by atomic mass is 9.99. The van der Waals surface area contributed by atoms with Crippen molar-refractivity contribution < 1.29 is 14.7 Å². The molecule has 0 atom stereocenters. The van der Waals surface area contributed by atoms with Crippen molar-refractivity contribution in [3.8, 4) is 0 Å². The van der Waals surface area contributed by atoms with Crippen molar-refractivity contribution in [3.05, 3.63) is 102 Å². The SMILES string of the molecule is CC(C)(C)N(CCc1cccc(NC(=O)NC(c2ccccc2)c2ccccc2)c1)C(=O)O. The zero-order valence-corrected chi connectivity index (χ0v) is 19.3. The minimum atomic E-state index is -0.941. The smallest absolute Gasteiger partial charge is 0.407 e. The maximum absolute atomic E-state index is 12.9. The second-order valence-electron chi connectivity index (χ2n) is 8.91. The van der Waals surface area contributed by atoms with Gasteiger partial charge in [0.05, 0.1) is 6.04 Å². The number of rotatable bonds is 7. The summed E-state index contributed by atoms with van der Waals surface area (Å²) in [7, 11) is 0. The quantitative estimate of drug-likeness (QED) is 0.422. The molecule has 172 valence electrons. The number of amides is 3. The lowest BCUT2D eigenvalue weighted by molar-refractivity contribution is 0.101. The first kappa shape index (κ1) is 23.9. The number of nitrogens with one attached hydrogen (secondary N) is 2. The van der Waals surface area contributed by atoms with Crippen molar-refractivity contribution in [2.45, 2.75) is 38.8 Å². The van der Waals surface area contributed by atoms with Crippen molar-refractivity contribution in [3.63, 3.8) is 0 Å². The summed E-state index contributed by atoms with van der Waals surface area (Å²) in [5.74, 6) is 0. The predicted octanol–water partition coefficient (Wildman–Crippen LogP) is 5.92. The molecule has 0 bridgehead atoms. The minimum Gasteiger partial charge on any atom is -0.465 e. The van der Waals surface area contributed by atoms with Gasteiger partial charge in [-0.05, 0) is 56.0 Å². The highest BCUT2D eigenvalue weighted by Gasteiger charge is 2.25. The Hall–Kier alpha value is -3.80. The summed E-state index contributed by atoms with van der Waals surface area (Å²) in [5, 5.41) is 15.5. The van der Waals surface area contributed by atoms with Gasteiger partial charge >= 0.3 is 12.1 Å². The van der Waals surface area contributed by atoms with Gasteiger partial charge in [0.1, 0.15) is 0 Å². The van der Waals surface area contributed by atoms with Gasteiger partial charge < -0.3 is 20.6 Å². The van der Waals surface area contributed by atoms with Crippen LogP contribution in [0, 0.1) is 0 Å². The van der Waals surface area contributed by atoms with Crippen LogP contribution in [0.4, 0.5) is 15.3 Å².